The van der Waals surface area contributed by atoms with E-state index in [-0.39, 0.29) is 5.91 Å². The summed E-state index contributed by atoms with van der Waals surface area (Å²) in [4.78, 5) is 26.9. The van der Waals surface area contributed by atoms with Crippen LogP contribution in [0, 0.1) is 13.8 Å². The summed E-state index contributed by atoms with van der Waals surface area (Å²) in [5, 5.41) is 4.57. The van der Waals surface area contributed by atoms with Crippen molar-refractivity contribution in [1.82, 2.24) is 9.78 Å². The zero-order chi connectivity index (χ0) is 22.0. The molecule has 0 radical (unpaired) electrons. The van der Waals surface area contributed by atoms with Crippen LogP contribution >= 0.6 is 0 Å². The fraction of sp³-hybridized carbons (Fsp3) is 0.240. The molecule has 1 aromatic heterocycles. The molecule has 1 atom stereocenters. The molecule has 0 saturated heterocycles. The Morgan fingerprint density at radius 1 is 1.06 bits per heavy atom. The molecule has 1 aliphatic heterocycles. The number of fused-ring (bicyclic) bond motifs is 1. The van der Waals surface area contributed by atoms with Gasteiger partial charge in [0, 0.05) is 29.6 Å². The van der Waals surface area contributed by atoms with Crippen molar-refractivity contribution in [1.29, 1.82) is 0 Å². The van der Waals surface area contributed by atoms with E-state index in [0.29, 0.717) is 6.54 Å². The Morgan fingerprint density at radius 2 is 1.77 bits per heavy atom. The van der Waals surface area contributed by atoms with Crippen LogP contribution in [0.5, 0.6) is 0 Å². The maximum Gasteiger partial charge on any atom is 0.331 e. The van der Waals surface area contributed by atoms with Crippen LogP contribution in [0.25, 0.3) is 11.8 Å². The largest absolute Gasteiger partial charge is 0.449 e. The Kier molecular flexibility index (Phi) is 5.71. The standard InChI is InChI=1S/C25H25N3O3/c1-17-22(18(2)28(26-17)21-10-5-4-6-11-21)13-14-24(29)31-19(3)25(30)27-16-15-20-9-7-8-12-23(20)27/h4-14,19H,15-16H2,1-3H3/b14-13+/t19-/m0/s1. The summed E-state index contributed by atoms with van der Waals surface area (Å²) in [7, 11) is 0. The predicted octanol–water partition coefficient (Wildman–Crippen LogP) is 4.02. The smallest absolute Gasteiger partial charge is 0.331 e. The van der Waals surface area contributed by atoms with E-state index >= 15 is 0 Å². The molecule has 0 N–H and O–H groups in total. The highest BCUT2D eigenvalue weighted by molar-refractivity contribution is 6.00. The van der Waals surface area contributed by atoms with E-state index in [2.05, 4.69) is 5.10 Å². The van der Waals surface area contributed by atoms with Crippen molar-refractivity contribution in [3.05, 3.63) is 83.2 Å². The first-order chi connectivity index (χ1) is 15.0. The van der Waals surface area contributed by atoms with Gasteiger partial charge in [0.25, 0.3) is 5.91 Å². The minimum Gasteiger partial charge on any atom is -0.449 e. The average molecular weight is 415 g/mol. The molecule has 0 bridgehead atoms. The van der Waals surface area contributed by atoms with Gasteiger partial charge in [0.15, 0.2) is 6.10 Å². The first kappa shape index (κ1) is 20.6. The number of carbonyl (C=O) groups excluding carboxylic acids is 2. The number of hydrogen-bond donors (Lipinski definition) is 0. The summed E-state index contributed by atoms with van der Waals surface area (Å²) in [6.07, 6.45) is 3.00. The van der Waals surface area contributed by atoms with Crippen LogP contribution in [0.3, 0.4) is 0 Å². The highest BCUT2D eigenvalue weighted by Gasteiger charge is 2.29. The van der Waals surface area contributed by atoms with Gasteiger partial charge in [-0.1, -0.05) is 36.4 Å². The number of aromatic nitrogens is 2. The van der Waals surface area contributed by atoms with Crippen LogP contribution in [0.4, 0.5) is 5.69 Å². The minimum absolute atomic E-state index is 0.212. The minimum atomic E-state index is -0.863. The first-order valence-electron chi connectivity index (χ1n) is 10.4. The zero-order valence-corrected chi connectivity index (χ0v) is 17.9. The molecule has 2 aromatic carbocycles. The number of rotatable bonds is 5. The zero-order valence-electron chi connectivity index (χ0n) is 17.9. The third-order valence-electron chi connectivity index (χ3n) is 5.53. The molecule has 0 aliphatic carbocycles. The van der Waals surface area contributed by atoms with Gasteiger partial charge in [0.1, 0.15) is 0 Å². The maximum absolute atomic E-state index is 12.8. The van der Waals surface area contributed by atoms with Crippen LogP contribution in [0.15, 0.2) is 60.7 Å². The molecule has 1 amide bonds. The SMILES string of the molecule is Cc1nn(-c2ccccc2)c(C)c1/C=C/C(=O)O[C@@H](C)C(=O)N1CCc2ccccc21. The van der Waals surface area contributed by atoms with Crippen LogP contribution in [0.2, 0.25) is 0 Å². The molecule has 0 unspecified atom stereocenters. The maximum atomic E-state index is 12.8. The lowest BCUT2D eigenvalue weighted by atomic mass is 10.2. The first-order valence-corrected chi connectivity index (χ1v) is 10.4. The van der Waals surface area contributed by atoms with Gasteiger partial charge in [-0.05, 0) is 57.0 Å². The molecule has 2 heterocycles. The number of nitrogens with zero attached hydrogens (tertiary/aromatic N) is 3. The van der Waals surface area contributed by atoms with Crippen LogP contribution in [0.1, 0.15) is 29.4 Å². The predicted molar refractivity (Wildman–Crippen MR) is 120 cm³/mol. The van der Waals surface area contributed by atoms with Gasteiger partial charge < -0.3 is 9.64 Å². The van der Waals surface area contributed by atoms with Crippen molar-refractivity contribution in [3.63, 3.8) is 0 Å². The van der Waals surface area contributed by atoms with E-state index in [9.17, 15) is 9.59 Å². The third-order valence-corrected chi connectivity index (χ3v) is 5.53. The summed E-state index contributed by atoms with van der Waals surface area (Å²) in [5.74, 6) is -0.768. The van der Waals surface area contributed by atoms with Gasteiger partial charge in [-0.15, -0.1) is 0 Å². The van der Waals surface area contributed by atoms with E-state index in [0.717, 1.165) is 40.3 Å². The summed E-state index contributed by atoms with van der Waals surface area (Å²) in [6.45, 7) is 6.06. The summed E-state index contributed by atoms with van der Waals surface area (Å²) in [6, 6.07) is 17.6. The molecule has 6 heteroatoms. The van der Waals surface area contributed by atoms with Crippen molar-refractivity contribution in [3.8, 4) is 5.69 Å². The fourth-order valence-electron chi connectivity index (χ4n) is 3.92. The van der Waals surface area contributed by atoms with Gasteiger partial charge in [0.2, 0.25) is 0 Å². The number of aryl methyl sites for hydroxylation is 1. The number of carbonyl (C=O) groups is 2. The molecule has 31 heavy (non-hydrogen) atoms. The Hall–Kier alpha value is -3.67. The van der Waals surface area contributed by atoms with Crippen molar-refractivity contribution >= 4 is 23.6 Å². The highest BCUT2D eigenvalue weighted by atomic mass is 16.5. The second-order valence-electron chi connectivity index (χ2n) is 7.61. The molecule has 0 saturated carbocycles. The number of amides is 1. The lowest BCUT2D eigenvalue weighted by molar-refractivity contribution is -0.149. The number of hydrogen-bond acceptors (Lipinski definition) is 4. The molecule has 3 aromatic rings. The Balaban J connectivity index is 1.43. The second kappa shape index (κ2) is 8.60. The van der Waals surface area contributed by atoms with Crippen molar-refractivity contribution in [2.45, 2.75) is 33.3 Å². The number of benzene rings is 2. The van der Waals surface area contributed by atoms with Crippen LogP contribution in [-0.2, 0) is 20.7 Å². The molecule has 4 rings (SSSR count). The third kappa shape index (κ3) is 4.14. The number of para-hydroxylation sites is 2. The van der Waals surface area contributed by atoms with Crippen molar-refractivity contribution < 1.29 is 14.3 Å². The molecule has 0 fully saturated rings. The highest BCUT2D eigenvalue weighted by Crippen LogP contribution is 2.28. The Labute approximate surface area is 181 Å². The lowest BCUT2D eigenvalue weighted by Crippen LogP contribution is -2.38. The van der Waals surface area contributed by atoms with Gasteiger partial charge >= 0.3 is 5.97 Å². The Bertz CT molecular complexity index is 1150. The average Bonchev–Trinajstić information content (AvgIpc) is 3.33. The molecule has 1 aliphatic rings. The van der Waals surface area contributed by atoms with Gasteiger partial charge in [-0.25, -0.2) is 9.48 Å². The molecular formula is C25H25N3O3. The normalized spacial score (nSPS) is 14.0. The monoisotopic (exact) mass is 415 g/mol. The van der Waals surface area contributed by atoms with Crippen molar-refractivity contribution in [2.75, 3.05) is 11.4 Å². The van der Waals surface area contributed by atoms with E-state index in [1.165, 1.54) is 6.08 Å². The van der Waals surface area contributed by atoms with Gasteiger partial charge in [-0.3, -0.25) is 4.79 Å². The fourth-order valence-corrected chi connectivity index (χ4v) is 3.92. The van der Waals surface area contributed by atoms with E-state index < -0.39 is 12.1 Å². The topological polar surface area (TPSA) is 64.4 Å². The van der Waals surface area contributed by atoms with Gasteiger partial charge in [0.05, 0.1) is 11.4 Å². The summed E-state index contributed by atoms with van der Waals surface area (Å²) >= 11 is 0. The second-order valence-corrected chi connectivity index (χ2v) is 7.61. The van der Waals surface area contributed by atoms with Crippen LogP contribution < -0.4 is 4.90 Å². The van der Waals surface area contributed by atoms with Gasteiger partial charge in [-0.2, -0.15) is 5.10 Å². The van der Waals surface area contributed by atoms with Crippen LogP contribution in [-0.4, -0.2) is 34.3 Å². The quantitative estimate of drug-likeness (QED) is 0.466. The summed E-state index contributed by atoms with van der Waals surface area (Å²) in [5.41, 5.74) is 5.57. The van der Waals surface area contributed by atoms with E-state index in [1.807, 2.05) is 73.1 Å². The molecule has 6 nitrogen and oxygen atoms in total. The number of anilines is 1. The van der Waals surface area contributed by atoms with E-state index in [4.69, 9.17) is 4.74 Å². The molecule has 0 spiro atoms. The number of esters is 1. The molecule has 158 valence electrons. The molecular weight excluding hydrogens is 390 g/mol. The van der Waals surface area contributed by atoms with Crippen molar-refractivity contribution in [2.24, 2.45) is 0 Å². The Morgan fingerprint density at radius 3 is 2.55 bits per heavy atom. The van der Waals surface area contributed by atoms with E-state index in [1.54, 1.807) is 17.9 Å². The number of ether oxygens (including phenoxy) is 1. The summed E-state index contributed by atoms with van der Waals surface area (Å²) < 4.78 is 7.23. The lowest BCUT2D eigenvalue weighted by Gasteiger charge is -2.21.